The Bertz CT molecular complexity index is 730. The van der Waals surface area contributed by atoms with Gasteiger partial charge in [-0.25, -0.2) is 4.79 Å². The van der Waals surface area contributed by atoms with Crippen molar-refractivity contribution >= 4 is 11.9 Å². The molecule has 0 aliphatic heterocycles. The number of aliphatic hydroxyl groups excluding tert-OH is 1. The van der Waals surface area contributed by atoms with Gasteiger partial charge < -0.3 is 26.4 Å². The van der Waals surface area contributed by atoms with Gasteiger partial charge in [0.2, 0.25) is 5.91 Å². The van der Waals surface area contributed by atoms with Crippen LogP contribution in [0.4, 0.5) is 4.79 Å². The maximum absolute atomic E-state index is 12.6. The Morgan fingerprint density at radius 3 is 1.91 bits per heavy atom. The van der Waals surface area contributed by atoms with E-state index in [4.69, 9.17) is 10.8 Å². The van der Waals surface area contributed by atoms with E-state index in [-0.39, 0.29) is 36.7 Å². The molecule has 254 valence electrons. The van der Waals surface area contributed by atoms with E-state index in [0.29, 0.717) is 31.0 Å². The second-order valence-corrected chi connectivity index (χ2v) is 14.0. The fraction of sp³-hybridized carbons (Fsp3) is 0.886. The average Bonchev–Trinajstić information content (AvgIpc) is 2.96. The summed E-state index contributed by atoms with van der Waals surface area (Å²) in [6, 6.07) is 0.390. The summed E-state index contributed by atoms with van der Waals surface area (Å²) in [5.41, 5.74) is 5.83. The number of nitrogens with two attached hydrogens (primary N) is 1. The molecule has 8 nitrogen and oxygen atoms in total. The minimum atomic E-state index is -0.231. The largest absolute Gasteiger partial charge is 0.393 e. The predicted octanol–water partition coefficient (Wildman–Crippen LogP) is 6.33. The van der Waals surface area contributed by atoms with Gasteiger partial charge in [-0.15, -0.1) is 0 Å². The summed E-state index contributed by atoms with van der Waals surface area (Å²) < 4.78 is 0. The molecule has 2 aliphatic carbocycles. The molecule has 0 saturated heterocycles. The van der Waals surface area contributed by atoms with E-state index in [1.54, 1.807) is 11.9 Å². The molecule has 2 unspecified atom stereocenters. The number of likely N-dealkylation sites (N-methyl/N-ethyl adjacent to an activating group) is 2. The highest BCUT2D eigenvalue weighted by Crippen LogP contribution is 2.28. The molecular weight excluding hydrogens is 538 g/mol. The molecule has 0 heterocycles. The second-order valence-electron chi connectivity index (χ2n) is 14.0. The summed E-state index contributed by atoms with van der Waals surface area (Å²) in [5, 5.41) is 14.9. The van der Waals surface area contributed by atoms with Crippen LogP contribution in [0, 0.1) is 17.8 Å². The maximum Gasteiger partial charge on any atom is 0.317 e. The van der Waals surface area contributed by atoms with Crippen molar-refractivity contribution in [1.82, 2.24) is 20.4 Å². The third-order valence-electron chi connectivity index (χ3n) is 8.33. The van der Waals surface area contributed by atoms with Gasteiger partial charge in [0.05, 0.1) is 12.6 Å². The summed E-state index contributed by atoms with van der Waals surface area (Å²) in [7, 11) is 3.83. The number of urea groups is 1. The first-order valence-electron chi connectivity index (χ1n) is 17.3. The summed E-state index contributed by atoms with van der Waals surface area (Å²) in [4.78, 5) is 29.1. The van der Waals surface area contributed by atoms with E-state index in [2.05, 4.69) is 70.2 Å². The van der Waals surface area contributed by atoms with E-state index in [9.17, 15) is 9.59 Å². The number of carbonyl (C=O) groups is 2. The minimum absolute atomic E-state index is 0.00432. The minimum Gasteiger partial charge on any atom is -0.393 e. The highest BCUT2D eigenvalue weighted by atomic mass is 16.3. The van der Waals surface area contributed by atoms with Crippen molar-refractivity contribution in [3.63, 3.8) is 0 Å². The molecule has 0 bridgehead atoms. The third kappa shape index (κ3) is 21.7. The molecule has 2 saturated carbocycles. The molecular formula is C35H71N5O3. The number of nitrogens with one attached hydrogen (secondary N) is 2. The lowest BCUT2D eigenvalue weighted by Crippen LogP contribution is -2.49. The third-order valence-corrected chi connectivity index (χ3v) is 8.33. The number of carbonyl (C=O) groups excluding carboxylic acids is 2. The van der Waals surface area contributed by atoms with Crippen LogP contribution < -0.4 is 16.4 Å². The van der Waals surface area contributed by atoms with Crippen LogP contribution in [-0.2, 0) is 4.79 Å². The number of nitrogens with zero attached hydrogens (tertiary/aromatic N) is 2. The van der Waals surface area contributed by atoms with Gasteiger partial charge >= 0.3 is 6.03 Å². The van der Waals surface area contributed by atoms with Gasteiger partial charge in [0.1, 0.15) is 0 Å². The number of aliphatic hydroxyl groups is 1. The molecule has 43 heavy (non-hydrogen) atoms. The van der Waals surface area contributed by atoms with Crippen LogP contribution >= 0.6 is 0 Å². The van der Waals surface area contributed by atoms with Crippen LogP contribution in [0.5, 0.6) is 0 Å². The van der Waals surface area contributed by atoms with Gasteiger partial charge in [-0.05, 0) is 77.8 Å². The van der Waals surface area contributed by atoms with Crippen LogP contribution in [0.3, 0.4) is 0 Å². The first-order valence-corrected chi connectivity index (χ1v) is 17.3. The molecule has 0 aromatic carbocycles. The molecule has 2 aliphatic rings. The van der Waals surface area contributed by atoms with E-state index >= 15 is 0 Å². The van der Waals surface area contributed by atoms with Crippen molar-refractivity contribution in [3.8, 4) is 0 Å². The lowest BCUT2D eigenvalue weighted by Gasteiger charge is -2.32. The molecule has 3 atom stereocenters. The monoisotopic (exact) mass is 610 g/mol. The molecule has 0 aromatic rings. The highest BCUT2D eigenvalue weighted by Gasteiger charge is 2.23. The molecule has 0 radical (unpaired) electrons. The fourth-order valence-corrected chi connectivity index (χ4v) is 5.57. The number of hydrogen-bond donors (Lipinski definition) is 4. The Kier molecular flexibility index (Phi) is 23.7. The van der Waals surface area contributed by atoms with E-state index in [1.807, 2.05) is 13.0 Å². The van der Waals surface area contributed by atoms with Crippen molar-refractivity contribution < 1.29 is 14.7 Å². The Hall–Kier alpha value is -1.64. The van der Waals surface area contributed by atoms with Crippen LogP contribution in [0.1, 0.15) is 126 Å². The van der Waals surface area contributed by atoms with Crippen LogP contribution in [0.25, 0.3) is 0 Å². The maximum atomic E-state index is 12.6. The Balaban J connectivity index is 0.00000134. The van der Waals surface area contributed by atoms with Crippen molar-refractivity contribution in [1.29, 1.82) is 0 Å². The van der Waals surface area contributed by atoms with Gasteiger partial charge in [-0.1, -0.05) is 91.2 Å². The zero-order chi connectivity index (χ0) is 32.8. The zero-order valence-electron chi connectivity index (χ0n) is 29.5. The first kappa shape index (κ1) is 41.4. The van der Waals surface area contributed by atoms with Crippen molar-refractivity contribution in [2.75, 3.05) is 33.7 Å². The Morgan fingerprint density at radius 1 is 0.930 bits per heavy atom. The van der Waals surface area contributed by atoms with Crippen molar-refractivity contribution in [2.24, 2.45) is 23.5 Å². The van der Waals surface area contributed by atoms with Gasteiger partial charge in [0, 0.05) is 31.7 Å². The molecule has 2 rings (SSSR count). The lowest BCUT2D eigenvalue weighted by atomic mass is 9.83. The standard InChI is InChI=1S/C25H49N5O2.C6H12O.C4H10/c1-7-11-23(30(6)19(2)3)18-29(5)25(32)27-17-24(31)28-22(14-20(4)16-26)15-21-12-9-8-10-13-21;7-6-4-2-1-3-5-6;1-4(2)3/h7,11,19-23H,8-10,12-18,26H2,1-6H3,(H,27,32)(H,28,31);6-7H,1-5H2;4H,1-3H3/t20?,22-,23?;;/m1../s1. The molecule has 0 aromatic heterocycles. The molecule has 8 heteroatoms. The second kappa shape index (κ2) is 24.7. The van der Waals surface area contributed by atoms with Crippen molar-refractivity contribution in [3.05, 3.63) is 12.2 Å². The zero-order valence-corrected chi connectivity index (χ0v) is 29.5. The number of amides is 3. The smallest absolute Gasteiger partial charge is 0.317 e. The predicted molar refractivity (Wildman–Crippen MR) is 183 cm³/mol. The van der Waals surface area contributed by atoms with Gasteiger partial charge in [0.25, 0.3) is 0 Å². The fourth-order valence-electron chi connectivity index (χ4n) is 5.57. The SMILES string of the molecule is CC(C)C.CC=CC(CN(C)C(=O)NCC(=O)N[C@H](CC(C)CN)CC1CCCCC1)N(C)C(C)C.OC1CCCCC1. The van der Waals surface area contributed by atoms with Gasteiger partial charge in [0.15, 0.2) is 0 Å². The molecule has 5 N–H and O–H groups in total. The lowest BCUT2D eigenvalue weighted by molar-refractivity contribution is -0.121. The number of hydrogen-bond acceptors (Lipinski definition) is 5. The normalized spacial score (nSPS) is 18.4. The van der Waals surface area contributed by atoms with Crippen LogP contribution in [0.2, 0.25) is 0 Å². The molecule has 2 fully saturated rings. The number of rotatable bonds is 13. The molecule has 3 amide bonds. The number of allylic oxidation sites excluding steroid dienone is 1. The average molecular weight is 610 g/mol. The Labute approximate surface area is 266 Å². The summed E-state index contributed by atoms with van der Waals surface area (Å²) in [5.74, 6) is 1.76. The van der Waals surface area contributed by atoms with Gasteiger partial charge in [-0.3, -0.25) is 9.69 Å². The van der Waals surface area contributed by atoms with Gasteiger partial charge in [-0.2, -0.15) is 0 Å². The van der Waals surface area contributed by atoms with E-state index < -0.39 is 0 Å². The van der Waals surface area contributed by atoms with Crippen molar-refractivity contribution in [2.45, 2.75) is 150 Å². The van der Waals surface area contributed by atoms with Crippen LogP contribution in [-0.4, -0.2) is 84.8 Å². The molecule has 0 spiro atoms. The summed E-state index contributed by atoms with van der Waals surface area (Å²) in [6.07, 6.45) is 18.4. The Morgan fingerprint density at radius 2 is 1.47 bits per heavy atom. The van der Waals surface area contributed by atoms with E-state index in [1.165, 1.54) is 51.4 Å². The quantitative estimate of drug-likeness (QED) is 0.183. The first-order chi connectivity index (χ1) is 20.3. The highest BCUT2D eigenvalue weighted by molar-refractivity contribution is 5.84. The van der Waals surface area contributed by atoms with Crippen LogP contribution in [0.15, 0.2) is 12.2 Å². The topological polar surface area (TPSA) is 111 Å². The van der Waals surface area contributed by atoms with E-state index in [0.717, 1.165) is 31.6 Å². The summed E-state index contributed by atoms with van der Waals surface area (Å²) >= 11 is 0. The summed E-state index contributed by atoms with van der Waals surface area (Å²) in [6.45, 7) is 16.1.